The lowest BCUT2D eigenvalue weighted by atomic mass is 10.0. The van der Waals surface area contributed by atoms with E-state index in [1.165, 1.54) is 109 Å². The molecule has 0 aromatic rings. The van der Waals surface area contributed by atoms with E-state index in [2.05, 4.69) is 31.3 Å². The second-order valence-corrected chi connectivity index (χ2v) is 16.8. The molecule has 50 heavy (non-hydrogen) atoms. The maximum Gasteiger partial charge on any atom is 0.472 e. The van der Waals surface area contributed by atoms with Crippen molar-refractivity contribution in [2.45, 2.75) is 193 Å². The van der Waals surface area contributed by atoms with Crippen molar-refractivity contribution in [3.05, 3.63) is 24.3 Å². The van der Waals surface area contributed by atoms with Gasteiger partial charge in [-0.2, -0.15) is 0 Å². The Hall–Kier alpha value is -1.02. The van der Waals surface area contributed by atoms with Crippen molar-refractivity contribution in [2.75, 3.05) is 40.9 Å². The van der Waals surface area contributed by atoms with Crippen LogP contribution in [-0.2, 0) is 18.4 Å². The second kappa shape index (κ2) is 33.8. The lowest BCUT2D eigenvalue weighted by Crippen LogP contribution is -2.45. The molecule has 3 N–H and O–H groups in total. The molecule has 0 aliphatic heterocycles. The highest BCUT2D eigenvalue weighted by molar-refractivity contribution is 7.47. The summed E-state index contributed by atoms with van der Waals surface area (Å²) in [6, 6.07) is -0.846. The number of phosphoric ester groups is 1. The minimum atomic E-state index is -4.33. The quantitative estimate of drug-likeness (QED) is 0.0254. The van der Waals surface area contributed by atoms with Crippen LogP contribution >= 0.6 is 7.82 Å². The van der Waals surface area contributed by atoms with E-state index in [9.17, 15) is 19.4 Å². The summed E-state index contributed by atoms with van der Waals surface area (Å²) in [6.07, 6.45) is 38.0. The number of amides is 1. The average Bonchev–Trinajstić information content (AvgIpc) is 3.06. The number of quaternary nitrogens is 1. The van der Waals surface area contributed by atoms with Gasteiger partial charge in [-0.25, -0.2) is 4.57 Å². The van der Waals surface area contributed by atoms with E-state index in [0.717, 1.165) is 51.4 Å². The van der Waals surface area contributed by atoms with Crippen LogP contribution in [0.2, 0.25) is 0 Å². The maximum absolute atomic E-state index is 12.8. The van der Waals surface area contributed by atoms with Crippen LogP contribution in [0.25, 0.3) is 0 Å². The standard InChI is InChI=1S/C41H81N2O6P/c1-6-8-10-12-14-16-18-20-21-23-24-26-28-30-32-34-40(44)39(38-49-50(46,47)48-37-36-43(3,4)5)42-41(45)35-33-31-29-27-25-22-19-17-15-13-11-9-7-2/h17,19,32,34,39-40,44H,6-16,18,20-31,33,35-38H2,1-5H3,(H-,42,45,46,47)/p+1/b19-17-,34-32+. The summed E-state index contributed by atoms with van der Waals surface area (Å²) in [4.78, 5) is 23.0. The SMILES string of the molecule is CCCCCC/C=C\CCCCCCCC(=O)NC(COP(=O)(O)OCC[N+](C)(C)C)C(O)/C=C/CCCCCCCCCCCCCCC. The summed E-state index contributed by atoms with van der Waals surface area (Å²) in [6.45, 7) is 4.78. The van der Waals surface area contributed by atoms with Crippen LogP contribution in [0.3, 0.4) is 0 Å². The summed E-state index contributed by atoms with van der Waals surface area (Å²) in [5.74, 6) is -0.188. The van der Waals surface area contributed by atoms with Crippen LogP contribution in [0, 0.1) is 0 Å². The molecule has 0 rings (SSSR count). The molecule has 0 bridgehead atoms. The third kappa shape index (κ3) is 35.4. The fraction of sp³-hybridized carbons (Fsp3) is 0.878. The highest BCUT2D eigenvalue weighted by Crippen LogP contribution is 2.43. The topological polar surface area (TPSA) is 105 Å². The van der Waals surface area contributed by atoms with E-state index in [-0.39, 0.29) is 19.1 Å². The Balaban J connectivity index is 4.50. The summed E-state index contributed by atoms with van der Waals surface area (Å²) in [5.41, 5.74) is 0. The van der Waals surface area contributed by atoms with Gasteiger partial charge in [0.25, 0.3) is 0 Å². The van der Waals surface area contributed by atoms with Gasteiger partial charge < -0.3 is 19.8 Å². The zero-order valence-electron chi connectivity index (χ0n) is 33.4. The molecule has 3 atom stereocenters. The summed E-state index contributed by atoms with van der Waals surface area (Å²) in [5, 5.41) is 13.8. The molecule has 0 saturated heterocycles. The van der Waals surface area contributed by atoms with Crippen LogP contribution in [0.5, 0.6) is 0 Å². The molecule has 1 amide bonds. The van der Waals surface area contributed by atoms with Crippen molar-refractivity contribution < 1.29 is 32.9 Å². The van der Waals surface area contributed by atoms with Gasteiger partial charge in [0.2, 0.25) is 5.91 Å². The van der Waals surface area contributed by atoms with Crippen molar-refractivity contribution >= 4 is 13.7 Å². The van der Waals surface area contributed by atoms with E-state index in [1.54, 1.807) is 6.08 Å². The van der Waals surface area contributed by atoms with Crippen molar-refractivity contribution in [1.29, 1.82) is 0 Å². The van der Waals surface area contributed by atoms with Gasteiger partial charge in [0, 0.05) is 6.42 Å². The number of likely N-dealkylation sites (N-methyl/N-ethyl adjacent to an activating group) is 1. The van der Waals surface area contributed by atoms with Gasteiger partial charge in [-0.15, -0.1) is 0 Å². The van der Waals surface area contributed by atoms with E-state index in [4.69, 9.17) is 9.05 Å². The molecule has 0 heterocycles. The Kier molecular flexibility index (Phi) is 33.1. The summed E-state index contributed by atoms with van der Waals surface area (Å²) < 4.78 is 23.5. The van der Waals surface area contributed by atoms with Crippen molar-refractivity contribution in [1.82, 2.24) is 5.32 Å². The minimum absolute atomic E-state index is 0.0607. The van der Waals surface area contributed by atoms with Crippen LogP contribution < -0.4 is 5.32 Å². The van der Waals surface area contributed by atoms with E-state index < -0.39 is 20.0 Å². The van der Waals surface area contributed by atoms with Gasteiger partial charge in [0.15, 0.2) is 0 Å². The number of unbranched alkanes of at least 4 members (excludes halogenated alkanes) is 22. The predicted octanol–water partition coefficient (Wildman–Crippen LogP) is 11.0. The van der Waals surface area contributed by atoms with Gasteiger partial charge in [-0.1, -0.05) is 154 Å². The first-order chi connectivity index (χ1) is 24.0. The highest BCUT2D eigenvalue weighted by Gasteiger charge is 2.27. The lowest BCUT2D eigenvalue weighted by molar-refractivity contribution is -0.870. The Labute approximate surface area is 309 Å². The molecule has 0 radical (unpaired) electrons. The van der Waals surface area contributed by atoms with E-state index in [0.29, 0.717) is 17.4 Å². The van der Waals surface area contributed by atoms with E-state index in [1.807, 2.05) is 27.2 Å². The van der Waals surface area contributed by atoms with Crippen molar-refractivity contribution in [3.8, 4) is 0 Å². The fourth-order valence-corrected chi connectivity index (χ4v) is 6.53. The van der Waals surface area contributed by atoms with Gasteiger partial charge >= 0.3 is 7.82 Å². The normalized spacial score (nSPS) is 14.8. The molecule has 0 spiro atoms. The monoisotopic (exact) mass is 730 g/mol. The fourth-order valence-electron chi connectivity index (χ4n) is 5.80. The molecule has 3 unspecified atom stereocenters. The smallest absolute Gasteiger partial charge is 0.387 e. The van der Waals surface area contributed by atoms with Crippen molar-refractivity contribution in [2.24, 2.45) is 0 Å². The number of aliphatic hydroxyl groups is 1. The first-order valence-corrected chi connectivity index (χ1v) is 22.2. The molecular formula is C41H82N2O6P+. The first kappa shape index (κ1) is 49.0. The number of nitrogens with one attached hydrogen (secondary N) is 1. The van der Waals surface area contributed by atoms with Crippen molar-refractivity contribution in [3.63, 3.8) is 0 Å². The summed E-state index contributed by atoms with van der Waals surface area (Å²) in [7, 11) is 1.57. The number of hydrogen-bond donors (Lipinski definition) is 3. The Morgan fingerprint density at radius 1 is 0.660 bits per heavy atom. The molecule has 0 aliphatic rings. The number of rotatable bonds is 37. The second-order valence-electron chi connectivity index (χ2n) is 15.4. The third-order valence-electron chi connectivity index (χ3n) is 9.17. The molecule has 0 aromatic carbocycles. The summed E-state index contributed by atoms with van der Waals surface area (Å²) >= 11 is 0. The number of hydrogen-bond acceptors (Lipinski definition) is 5. The Bertz CT molecular complexity index is 876. The van der Waals surface area contributed by atoms with Gasteiger partial charge in [-0.05, 0) is 44.9 Å². The number of aliphatic hydroxyl groups excluding tert-OH is 1. The highest BCUT2D eigenvalue weighted by atomic mass is 31.2. The molecule has 0 fully saturated rings. The first-order valence-electron chi connectivity index (χ1n) is 20.7. The van der Waals surface area contributed by atoms with E-state index >= 15 is 0 Å². The largest absolute Gasteiger partial charge is 0.472 e. The third-order valence-corrected chi connectivity index (χ3v) is 10.1. The molecule has 296 valence electrons. The average molecular weight is 730 g/mol. The molecule has 0 aliphatic carbocycles. The van der Waals surface area contributed by atoms with Gasteiger partial charge in [0.05, 0.1) is 39.9 Å². The number of carbonyl (C=O) groups is 1. The Morgan fingerprint density at radius 2 is 1.08 bits per heavy atom. The van der Waals surface area contributed by atoms with Crippen LogP contribution in [0.15, 0.2) is 24.3 Å². The molecule has 9 heteroatoms. The zero-order valence-corrected chi connectivity index (χ0v) is 34.3. The number of allylic oxidation sites excluding steroid dienone is 3. The molecular weight excluding hydrogens is 647 g/mol. The lowest BCUT2D eigenvalue weighted by Gasteiger charge is -2.25. The minimum Gasteiger partial charge on any atom is -0.387 e. The zero-order chi connectivity index (χ0) is 37.2. The Morgan fingerprint density at radius 3 is 1.56 bits per heavy atom. The predicted molar refractivity (Wildman–Crippen MR) is 212 cm³/mol. The number of nitrogens with zero attached hydrogens (tertiary/aromatic N) is 1. The molecule has 0 saturated carbocycles. The van der Waals surface area contributed by atoms with Gasteiger partial charge in [0.1, 0.15) is 13.2 Å². The van der Waals surface area contributed by atoms with Crippen LogP contribution in [0.1, 0.15) is 181 Å². The number of phosphoric acid groups is 1. The van der Waals surface area contributed by atoms with Gasteiger partial charge in [-0.3, -0.25) is 13.8 Å². The maximum atomic E-state index is 12.8. The number of carbonyl (C=O) groups excluding carboxylic acids is 1. The van der Waals surface area contributed by atoms with Crippen LogP contribution in [-0.4, -0.2) is 73.4 Å². The molecule has 0 aromatic heterocycles. The molecule has 8 nitrogen and oxygen atoms in total. The van der Waals surface area contributed by atoms with Crippen LogP contribution in [0.4, 0.5) is 0 Å².